The van der Waals surface area contributed by atoms with Gasteiger partial charge in [0.05, 0.1) is 12.3 Å². The second-order valence-electron chi connectivity index (χ2n) is 3.66. The highest BCUT2D eigenvalue weighted by Crippen LogP contribution is 2.08. The van der Waals surface area contributed by atoms with Gasteiger partial charge in [-0.1, -0.05) is 0 Å². The van der Waals surface area contributed by atoms with Gasteiger partial charge in [-0.25, -0.2) is 0 Å². The molecule has 0 aliphatic rings. The van der Waals surface area contributed by atoms with Gasteiger partial charge >= 0.3 is 5.97 Å². The van der Waals surface area contributed by atoms with Crippen molar-refractivity contribution in [2.75, 3.05) is 6.61 Å². The van der Waals surface area contributed by atoms with Crippen molar-refractivity contribution in [1.29, 1.82) is 0 Å². The number of aromatic nitrogens is 2. The molecule has 1 atom stereocenters. The van der Waals surface area contributed by atoms with E-state index in [2.05, 4.69) is 5.10 Å². The van der Waals surface area contributed by atoms with Crippen LogP contribution in [0.4, 0.5) is 0 Å². The van der Waals surface area contributed by atoms with Crippen LogP contribution in [0.15, 0.2) is 6.20 Å². The van der Waals surface area contributed by atoms with Crippen molar-refractivity contribution < 1.29 is 9.53 Å². The molecule has 0 saturated heterocycles. The number of hydrogen-bond acceptors (Lipinski definition) is 4. The number of nitrogens with two attached hydrogens (primary N) is 1. The van der Waals surface area contributed by atoms with E-state index in [4.69, 9.17) is 10.5 Å². The average Bonchev–Trinajstić information content (AvgIpc) is 2.60. The molecule has 0 radical (unpaired) electrons. The van der Waals surface area contributed by atoms with Crippen LogP contribution in [0.25, 0.3) is 0 Å². The van der Waals surface area contributed by atoms with Crippen LogP contribution in [-0.2, 0) is 22.5 Å². The van der Waals surface area contributed by atoms with Gasteiger partial charge in [0.1, 0.15) is 6.04 Å². The maximum absolute atomic E-state index is 11.4. The first-order chi connectivity index (χ1) is 7.58. The van der Waals surface area contributed by atoms with Crippen LogP contribution in [0.3, 0.4) is 0 Å². The zero-order valence-electron chi connectivity index (χ0n) is 10.1. The Morgan fingerprint density at radius 2 is 2.31 bits per heavy atom. The maximum Gasteiger partial charge on any atom is 0.323 e. The number of rotatable bonds is 5. The lowest BCUT2D eigenvalue weighted by molar-refractivity contribution is -0.144. The van der Waals surface area contributed by atoms with Crippen LogP contribution in [0.2, 0.25) is 0 Å². The van der Waals surface area contributed by atoms with Crippen molar-refractivity contribution >= 4 is 5.97 Å². The lowest BCUT2D eigenvalue weighted by atomic mass is 10.1. The summed E-state index contributed by atoms with van der Waals surface area (Å²) in [4.78, 5) is 11.4. The molecule has 0 amide bonds. The lowest BCUT2D eigenvalue weighted by Crippen LogP contribution is -2.34. The largest absolute Gasteiger partial charge is 0.465 e. The van der Waals surface area contributed by atoms with Crippen LogP contribution in [0, 0.1) is 6.92 Å². The van der Waals surface area contributed by atoms with E-state index in [1.165, 1.54) is 0 Å². The summed E-state index contributed by atoms with van der Waals surface area (Å²) in [7, 11) is 0. The summed E-state index contributed by atoms with van der Waals surface area (Å²) in [5, 5.41) is 4.30. The molecule has 0 saturated carbocycles. The SMILES string of the molecule is CCOC(=O)C(N)Cc1cn(CC)nc1C. The predicted molar refractivity (Wildman–Crippen MR) is 61.0 cm³/mol. The third-order valence-corrected chi connectivity index (χ3v) is 2.40. The molecule has 16 heavy (non-hydrogen) atoms. The zero-order chi connectivity index (χ0) is 12.1. The molecule has 5 heteroatoms. The molecule has 0 aliphatic heterocycles. The summed E-state index contributed by atoms with van der Waals surface area (Å²) in [6.45, 7) is 6.88. The predicted octanol–water partition coefficient (Wildman–Crippen LogP) is 0.644. The van der Waals surface area contributed by atoms with Gasteiger partial charge in [0.15, 0.2) is 0 Å². The third-order valence-electron chi connectivity index (χ3n) is 2.40. The summed E-state index contributed by atoms with van der Waals surface area (Å²) in [6, 6.07) is -0.604. The highest BCUT2D eigenvalue weighted by atomic mass is 16.5. The van der Waals surface area contributed by atoms with Crippen molar-refractivity contribution in [1.82, 2.24) is 9.78 Å². The first-order valence-electron chi connectivity index (χ1n) is 5.53. The maximum atomic E-state index is 11.4. The van der Waals surface area contributed by atoms with E-state index in [9.17, 15) is 4.79 Å². The minimum absolute atomic E-state index is 0.355. The van der Waals surface area contributed by atoms with Crippen LogP contribution in [0.1, 0.15) is 25.1 Å². The molecule has 0 bridgehead atoms. The van der Waals surface area contributed by atoms with E-state index in [1.54, 1.807) is 6.92 Å². The molecule has 1 heterocycles. The first-order valence-corrected chi connectivity index (χ1v) is 5.53. The summed E-state index contributed by atoms with van der Waals surface area (Å²) in [5.41, 5.74) is 7.66. The number of nitrogens with zero attached hydrogens (tertiary/aromatic N) is 2. The normalized spacial score (nSPS) is 12.5. The van der Waals surface area contributed by atoms with E-state index in [-0.39, 0.29) is 5.97 Å². The minimum Gasteiger partial charge on any atom is -0.465 e. The van der Waals surface area contributed by atoms with E-state index in [0.717, 1.165) is 17.8 Å². The fraction of sp³-hybridized carbons (Fsp3) is 0.636. The lowest BCUT2D eigenvalue weighted by Gasteiger charge is -2.09. The number of carbonyl (C=O) groups excluding carboxylic acids is 1. The molecule has 1 unspecified atom stereocenters. The van der Waals surface area contributed by atoms with E-state index < -0.39 is 6.04 Å². The highest BCUT2D eigenvalue weighted by molar-refractivity contribution is 5.75. The number of aryl methyl sites for hydroxylation is 2. The Kier molecular flexibility index (Phi) is 4.49. The topological polar surface area (TPSA) is 70.1 Å². The van der Waals surface area contributed by atoms with Gasteiger partial charge in [0.2, 0.25) is 0 Å². The van der Waals surface area contributed by atoms with Crippen LogP contribution < -0.4 is 5.73 Å². The van der Waals surface area contributed by atoms with Gasteiger partial charge in [-0.05, 0) is 26.3 Å². The van der Waals surface area contributed by atoms with Crippen LogP contribution in [0.5, 0.6) is 0 Å². The first kappa shape index (κ1) is 12.7. The molecular weight excluding hydrogens is 206 g/mol. The van der Waals surface area contributed by atoms with Crippen molar-refractivity contribution in [2.45, 2.75) is 39.8 Å². The monoisotopic (exact) mass is 225 g/mol. The number of esters is 1. The molecule has 90 valence electrons. The molecule has 0 aromatic carbocycles. The Morgan fingerprint density at radius 3 is 2.81 bits per heavy atom. The van der Waals surface area contributed by atoms with Gasteiger partial charge in [0.25, 0.3) is 0 Å². The molecule has 1 rings (SSSR count). The van der Waals surface area contributed by atoms with E-state index in [0.29, 0.717) is 13.0 Å². The van der Waals surface area contributed by atoms with Gasteiger partial charge in [-0.2, -0.15) is 5.10 Å². The zero-order valence-corrected chi connectivity index (χ0v) is 10.1. The van der Waals surface area contributed by atoms with Gasteiger partial charge in [0, 0.05) is 19.2 Å². The number of ether oxygens (including phenoxy) is 1. The summed E-state index contributed by atoms with van der Waals surface area (Å²) in [5.74, 6) is -0.355. The Labute approximate surface area is 95.6 Å². The molecule has 0 aliphatic carbocycles. The standard InChI is InChI=1S/C11H19N3O2/c1-4-14-7-9(8(3)13-14)6-10(12)11(15)16-5-2/h7,10H,4-6,12H2,1-3H3. The highest BCUT2D eigenvalue weighted by Gasteiger charge is 2.17. The number of carbonyl (C=O) groups is 1. The summed E-state index contributed by atoms with van der Waals surface area (Å²) >= 11 is 0. The number of hydrogen-bond donors (Lipinski definition) is 1. The Balaban J connectivity index is 2.65. The molecule has 0 spiro atoms. The molecule has 1 aromatic rings. The van der Waals surface area contributed by atoms with Crippen LogP contribution in [-0.4, -0.2) is 28.4 Å². The molecule has 0 fully saturated rings. The third kappa shape index (κ3) is 3.06. The Bertz CT molecular complexity index is 360. The van der Waals surface area contributed by atoms with Gasteiger partial charge < -0.3 is 10.5 Å². The van der Waals surface area contributed by atoms with Crippen molar-refractivity contribution in [2.24, 2.45) is 5.73 Å². The van der Waals surface area contributed by atoms with Gasteiger partial charge in [-0.15, -0.1) is 0 Å². The summed E-state index contributed by atoms with van der Waals surface area (Å²) < 4.78 is 6.69. The molecule has 1 aromatic heterocycles. The molecular formula is C11H19N3O2. The quantitative estimate of drug-likeness (QED) is 0.747. The van der Waals surface area contributed by atoms with E-state index >= 15 is 0 Å². The van der Waals surface area contributed by atoms with Crippen LogP contribution >= 0.6 is 0 Å². The molecule has 5 nitrogen and oxygen atoms in total. The second-order valence-corrected chi connectivity index (χ2v) is 3.66. The van der Waals surface area contributed by atoms with Gasteiger partial charge in [-0.3, -0.25) is 9.48 Å². The Hall–Kier alpha value is -1.36. The van der Waals surface area contributed by atoms with Crippen molar-refractivity contribution in [3.05, 3.63) is 17.5 Å². The summed E-state index contributed by atoms with van der Waals surface area (Å²) in [6.07, 6.45) is 2.40. The average molecular weight is 225 g/mol. The molecule has 2 N–H and O–H groups in total. The second kappa shape index (κ2) is 5.65. The van der Waals surface area contributed by atoms with Crippen molar-refractivity contribution in [3.8, 4) is 0 Å². The fourth-order valence-corrected chi connectivity index (χ4v) is 1.49. The fourth-order valence-electron chi connectivity index (χ4n) is 1.49. The van der Waals surface area contributed by atoms with Crippen molar-refractivity contribution in [3.63, 3.8) is 0 Å². The Morgan fingerprint density at radius 1 is 1.62 bits per heavy atom. The van der Waals surface area contributed by atoms with E-state index in [1.807, 2.05) is 24.7 Å². The minimum atomic E-state index is -0.604. The smallest absolute Gasteiger partial charge is 0.323 e.